The zero-order valence-electron chi connectivity index (χ0n) is 13.8. The standard InChI is InChI=1S/C18H17N5O/c1-4-22-18(24)17-16(11(2)20-22)15-10-14(13-8-6-5-7-9-13)21-23(15)12(3)19-17/h5-10H,4H2,1-3H3. The summed E-state index contributed by atoms with van der Waals surface area (Å²) in [5, 5.41) is 9.84. The molecule has 0 fully saturated rings. The van der Waals surface area contributed by atoms with E-state index in [1.165, 1.54) is 4.68 Å². The predicted octanol–water partition coefficient (Wildman–Crippen LogP) is 2.74. The Balaban J connectivity index is 2.13. The van der Waals surface area contributed by atoms with Gasteiger partial charge in [0.15, 0.2) is 0 Å². The van der Waals surface area contributed by atoms with Crippen molar-refractivity contribution in [2.24, 2.45) is 0 Å². The van der Waals surface area contributed by atoms with Crippen LogP contribution in [-0.4, -0.2) is 24.4 Å². The van der Waals surface area contributed by atoms with Crippen LogP contribution in [0.2, 0.25) is 0 Å². The van der Waals surface area contributed by atoms with Gasteiger partial charge in [-0.15, -0.1) is 0 Å². The maximum Gasteiger partial charge on any atom is 0.293 e. The Morgan fingerprint density at radius 3 is 2.54 bits per heavy atom. The SMILES string of the molecule is CCn1nc(C)c2c(nc(C)n3nc(-c4ccccc4)cc23)c1=O. The normalized spacial score (nSPS) is 11.5. The quantitative estimate of drug-likeness (QED) is 0.570. The van der Waals surface area contributed by atoms with Crippen molar-refractivity contribution >= 4 is 16.4 Å². The van der Waals surface area contributed by atoms with Crippen LogP contribution < -0.4 is 5.56 Å². The topological polar surface area (TPSA) is 65.1 Å². The Kier molecular flexibility index (Phi) is 3.19. The van der Waals surface area contributed by atoms with Crippen molar-refractivity contribution in [2.45, 2.75) is 27.3 Å². The number of fused-ring (bicyclic) bond motifs is 3. The molecule has 1 aromatic carbocycles. The van der Waals surface area contributed by atoms with Gasteiger partial charge in [-0.05, 0) is 26.8 Å². The highest BCUT2D eigenvalue weighted by Crippen LogP contribution is 2.25. The van der Waals surface area contributed by atoms with Crippen molar-refractivity contribution in [2.75, 3.05) is 0 Å². The molecule has 4 aromatic rings. The van der Waals surface area contributed by atoms with Crippen molar-refractivity contribution in [3.63, 3.8) is 0 Å². The third kappa shape index (κ3) is 2.03. The van der Waals surface area contributed by atoms with Crippen LogP contribution in [0.15, 0.2) is 41.2 Å². The molecule has 0 aliphatic rings. The summed E-state index contributed by atoms with van der Waals surface area (Å²) in [6.07, 6.45) is 0. The minimum absolute atomic E-state index is 0.161. The number of aryl methyl sites for hydroxylation is 3. The van der Waals surface area contributed by atoms with Gasteiger partial charge in [-0.1, -0.05) is 30.3 Å². The molecule has 0 radical (unpaired) electrons. The second-order valence-corrected chi connectivity index (χ2v) is 5.78. The zero-order valence-corrected chi connectivity index (χ0v) is 13.8. The molecule has 4 rings (SSSR count). The molecule has 6 nitrogen and oxygen atoms in total. The molecule has 3 aromatic heterocycles. The highest BCUT2D eigenvalue weighted by atomic mass is 16.1. The average Bonchev–Trinajstić information content (AvgIpc) is 3.04. The largest absolute Gasteiger partial charge is 0.293 e. The highest BCUT2D eigenvalue weighted by molar-refractivity contribution is 5.96. The summed E-state index contributed by atoms with van der Waals surface area (Å²) in [5.74, 6) is 0.685. The van der Waals surface area contributed by atoms with Crippen LogP contribution in [0.25, 0.3) is 27.7 Å². The molecule has 24 heavy (non-hydrogen) atoms. The molecule has 0 saturated heterocycles. The first-order valence-electron chi connectivity index (χ1n) is 7.93. The fourth-order valence-electron chi connectivity index (χ4n) is 3.07. The van der Waals surface area contributed by atoms with E-state index in [0.717, 1.165) is 27.9 Å². The lowest BCUT2D eigenvalue weighted by molar-refractivity contribution is 0.612. The van der Waals surface area contributed by atoms with Crippen LogP contribution in [-0.2, 0) is 6.54 Å². The van der Waals surface area contributed by atoms with Gasteiger partial charge in [-0.3, -0.25) is 4.79 Å². The van der Waals surface area contributed by atoms with Crippen LogP contribution >= 0.6 is 0 Å². The lowest BCUT2D eigenvalue weighted by Crippen LogP contribution is -2.24. The van der Waals surface area contributed by atoms with Crippen LogP contribution in [0.3, 0.4) is 0 Å². The molecule has 0 aliphatic carbocycles. The van der Waals surface area contributed by atoms with Crippen molar-refractivity contribution in [1.29, 1.82) is 0 Å². The predicted molar refractivity (Wildman–Crippen MR) is 93.1 cm³/mol. The van der Waals surface area contributed by atoms with Crippen LogP contribution in [0.1, 0.15) is 18.4 Å². The minimum Gasteiger partial charge on any atom is -0.265 e. The Morgan fingerprint density at radius 1 is 1.08 bits per heavy atom. The molecular formula is C18H17N5O. The number of rotatable bonds is 2. The number of aromatic nitrogens is 5. The Morgan fingerprint density at radius 2 is 1.83 bits per heavy atom. The monoisotopic (exact) mass is 319 g/mol. The first kappa shape index (κ1) is 14.6. The molecule has 0 amide bonds. The third-order valence-electron chi connectivity index (χ3n) is 4.22. The van der Waals surface area contributed by atoms with Gasteiger partial charge < -0.3 is 0 Å². The van der Waals surface area contributed by atoms with E-state index >= 15 is 0 Å². The fourth-order valence-corrected chi connectivity index (χ4v) is 3.07. The molecule has 120 valence electrons. The second-order valence-electron chi connectivity index (χ2n) is 5.78. The molecule has 0 saturated carbocycles. The highest BCUT2D eigenvalue weighted by Gasteiger charge is 2.16. The van der Waals surface area contributed by atoms with Crippen molar-refractivity contribution in [1.82, 2.24) is 24.4 Å². The molecule has 0 N–H and O–H groups in total. The summed E-state index contributed by atoms with van der Waals surface area (Å²) in [6, 6.07) is 12.0. The summed E-state index contributed by atoms with van der Waals surface area (Å²) in [6.45, 7) is 6.19. The van der Waals surface area contributed by atoms with E-state index < -0.39 is 0 Å². The zero-order chi connectivity index (χ0) is 16.8. The van der Waals surface area contributed by atoms with Crippen LogP contribution in [0, 0.1) is 13.8 Å². The van der Waals surface area contributed by atoms with E-state index in [-0.39, 0.29) is 5.56 Å². The van der Waals surface area contributed by atoms with E-state index in [1.54, 1.807) is 4.52 Å². The molecule has 0 bridgehead atoms. The van der Waals surface area contributed by atoms with E-state index in [1.807, 2.05) is 57.2 Å². The lowest BCUT2D eigenvalue weighted by atomic mass is 10.1. The number of hydrogen-bond acceptors (Lipinski definition) is 4. The molecule has 0 aliphatic heterocycles. The van der Waals surface area contributed by atoms with Gasteiger partial charge in [0.2, 0.25) is 0 Å². The average molecular weight is 319 g/mol. The summed E-state index contributed by atoms with van der Waals surface area (Å²) in [7, 11) is 0. The molecule has 0 spiro atoms. The Labute approximate surface area is 138 Å². The summed E-state index contributed by atoms with van der Waals surface area (Å²) in [5.41, 5.74) is 3.82. The maximum atomic E-state index is 12.6. The summed E-state index contributed by atoms with van der Waals surface area (Å²) >= 11 is 0. The summed E-state index contributed by atoms with van der Waals surface area (Å²) in [4.78, 5) is 17.1. The van der Waals surface area contributed by atoms with Crippen LogP contribution in [0.4, 0.5) is 0 Å². The summed E-state index contributed by atoms with van der Waals surface area (Å²) < 4.78 is 3.24. The number of nitrogens with zero attached hydrogens (tertiary/aromatic N) is 5. The van der Waals surface area contributed by atoms with E-state index in [4.69, 9.17) is 0 Å². The van der Waals surface area contributed by atoms with E-state index in [0.29, 0.717) is 17.9 Å². The number of benzene rings is 1. The third-order valence-corrected chi connectivity index (χ3v) is 4.22. The van der Waals surface area contributed by atoms with E-state index in [2.05, 4.69) is 15.2 Å². The Bertz CT molecular complexity index is 1130. The molecule has 0 unspecified atom stereocenters. The second kappa shape index (κ2) is 5.26. The Hall–Kier alpha value is -3.02. The number of hydrogen-bond donors (Lipinski definition) is 0. The van der Waals surface area contributed by atoms with Gasteiger partial charge in [0.1, 0.15) is 11.3 Å². The maximum absolute atomic E-state index is 12.6. The first-order valence-corrected chi connectivity index (χ1v) is 7.93. The van der Waals surface area contributed by atoms with Gasteiger partial charge >= 0.3 is 0 Å². The van der Waals surface area contributed by atoms with Gasteiger partial charge in [0.25, 0.3) is 5.56 Å². The van der Waals surface area contributed by atoms with Crippen LogP contribution in [0.5, 0.6) is 0 Å². The van der Waals surface area contributed by atoms with Crippen molar-refractivity contribution in [3.8, 4) is 11.3 Å². The first-order chi connectivity index (χ1) is 11.6. The van der Waals surface area contributed by atoms with Crippen molar-refractivity contribution < 1.29 is 0 Å². The molecule has 6 heteroatoms. The fraction of sp³-hybridized carbons (Fsp3) is 0.222. The van der Waals surface area contributed by atoms with Gasteiger partial charge in [0.05, 0.1) is 22.3 Å². The molecule has 0 atom stereocenters. The van der Waals surface area contributed by atoms with Gasteiger partial charge in [-0.2, -0.15) is 10.2 Å². The van der Waals surface area contributed by atoms with E-state index in [9.17, 15) is 4.79 Å². The van der Waals surface area contributed by atoms with Crippen molar-refractivity contribution in [3.05, 3.63) is 58.3 Å². The van der Waals surface area contributed by atoms with Gasteiger partial charge in [0, 0.05) is 12.1 Å². The minimum atomic E-state index is -0.161. The molecular weight excluding hydrogens is 302 g/mol. The lowest BCUT2D eigenvalue weighted by Gasteiger charge is -2.08. The van der Waals surface area contributed by atoms with Gasteiger partial charge in [-0.25, -0.2) is 14.2 Å². The molecule has 3 heterocycles. The smallest absolute Gasteiger partial charge is 0.265 e.